The van der Waals surface area contributed by atoms with E-state index < -0.39 is 0 Å². The number of pyridine rings is 1. The van der Waals surface area contributed by atoms with Crippen LogP contribution in [0.5, 0.6) is 0 Å². The van der Waals surface area contributed by atoms with Gasteiger partial charge in [0.05, 0.1) is 37.3 Å². The van der Waals surface area contributed by atoms with Gasteiger partial charge in [0.25, 0.3) is 5.91 Å². The summed E-state index contributed by atoms with van der Waals surface area (Å²) in [6, 6.07) is 7.65. The third-order valence-electron chi connectivity index (χ3n) is 5.02. The summed E-state index contributed by atoms with van der Waals surface area (Å²) in [6.45, 7) is 3.47. The molecule has 1 saturated carbocycles. The normalized spacial score (nSPS) is 25.8. The average molecular weight is 342 g/mol. The summed E-state index contributed by atoms with van der Waals surface area (Å²) in [4.78, 5) is 19.0. The Morgan fingerprint density at radius 3 is 3.04 bits per heavy atom. The largest absolute Gasteiger partial charge is 0.459 e. The lowest BCUT2D eigenvalue weighted by molar-refractivity contribution is -0.109. The molecule has 1 amide bonds. The topological polar surface area (TPSA) is 64.8 Å². The lowest BCUT2D eigenvalue weighted by Gasteiger charge is -2.38. The van der Waals surface area contributed by atoms with Crippen molar-refractivity contribution in [2.24, 2.45) is 0 Å². The number of aryl methyl sites for hydroxylation is 1. The second-order valence-corrected chi connectivity index (χ2v) is 6.58. The van der Waals surface area contributed by atoms with Crippen molar-refractivity contribution in [1.82, 2.24) is 9.88 Å². The van der Waals surface area contributed by atoms with Crippen LogP contribution in [0, 0.1) is 6.92 Å². The van der Waals surface area contributed by atoms with E-state index in [2.05, 4.69) is 4.98 Å². The fourth-order valence-corrected chi connectivity index (χ4v) is 3.74. The van der Waals surface area contributed by atoms with Crippen molar-refractivity contribution in [2.45, 2.75) is 44.6 Å². The molecular formula is C19H22N2O4. The summed E-state index contributed by atoms with van der Waals surface area (Å²) in [6.07, 6.45) is 4.98. The predicted octanol–water partition coefficient (Wildman–Crippen LogP) is 2.57. The van der Waals surface area contributed by atoms with Crippen molar-refractivity contribution in [3.63, 3.8) is 0 Å². The van der Waals surface area contributed by atoms with Crippen LogP contribution in [0.4, 0.5) is 0 Å². The third-order valence-corrected chi connectivity index (χ3v) is 5.02. The molecule has 4 rings (SSSR count). The Morgan fingerprint density at radius 1 is 1.36 bits per heavy atom. The molecule has 0 N–H and O–H groups in total. The minimum atomic E-state index is -0.0864. The lowest BCUT2D eigenvalue weighted by atomic mass is 10.1. The maximum atomic E-state index is 12.8. The van der Waals surface area contributed by atoms with Gasteiger partial charge in [-0.1, -0.05) is 6.07 Å². The molecule has 3 heterocycles. The molecule has 0 aromatic carbocycles. The lowest BCUT2D eigenvalue weighted by Crippen LogP contribution is -2.53. The van der Waals surface area contributed by atoms with Crippen LogP contribution in [0.1, 0.15) is 34.7 Å². The van der Waals surface area contributed by atoms with Crippen molar-refractivity contribution >= 4 is 5.91 Å². The van der Waals surface area contributed by atoms with Gasteiger partial charge in [-0.05, 0) is 38.0 Å². The molecule has 0 radical (unpaired) electrons. The van der Waals surface area contributed by atoms with E-state index in [0.717, 1.165) is 24.1 Å². The summed E-state index contributed by atoms with van der Waals surface area (Å²) in [5, 5.41) is 0. The number of rotatable bonds is 4. The SMILES string of the molecule is Cc1ccoc1C(=O)N1CCO[C@H]2[C@@H](OCc3ccccn3)CC[C@@H]21. The number of carbonyl (C=O) groups excluding carboxylic acids is 1. The van der Waals surface area contributed by atoms with Gasteiger partial charge in [0.1, 0.15) is 6.10 Å². The van der Waals surface area contributed by atoms with E-state index in [1.165, 1.54) is 0 Å². The van der Waals surface area contributed by atoms with Crippen LogP contribution < -0.4 is 0 Å². The number of fused-ring (bicyclic) bond motifs is 1. The van der Waals surface area contributed by atoms with Crippen LogP contribution in [0.15, 0.2) is 41.1 Å². The van der Waals surface area contributed by atoms with Gasteiger partial charge < -0.3 is 18.8 Å². The highest BCUT2D eigenvalue weighted by atomic mass is 16.5. The maximum Gasteiger partial charge on any atom is 0.290 e. The standard InChI is InChI=1S/C19H22N2O4/c1-13-7-10-23-17(13)19(22)21-9-11-24-18-15(21)5-6-16(18)25-12-14-4-2-3-8-20-14/h2-4,7-8,10,15-16,18H,5-6,9,11-12H2,1H3/t15-,16-,18+/m0/s1. The van der Waals surface area contributed by atoms with Gasteiger partial charge in [0.15, 0.2) is 5.76 Å². The van der Waals surface area contributed by atoms with E-state index in [-0.39, 0.29) is 24.2 Å². The van der Waals surface area contributed by atoms with Gasteiger partial charge in [0.2, 0.25) is 0 Å². The predicted molar refractivity (Wildman–Crippen MR) is 90.1 cm³/mol. The number of hydrogen-bond donors (Lipinski definition) is 0. The van der Waals surface area contributed by atoms with Crippen molar-refractivity contribution in [2.75, 3.05) is 13.2 Å². The zero-order chi connectivity index (χ0) is 17.2. The Morgan fingerprint density at radius 2 is 2.28 bits per heavy atom. The number of morpholine rings is 1. The Hall–Kier alpha value is -2.18. The smallest absolute Gasteiger partial charge is 0.290 e. The summed E-state index contributed by atoms with van der Waals surface area (Å²) in [5.41, 5.74) is 1.77. The highest BCUT2D eigenvalue weighted by Crippen LogP contribution is 2.33. The molecule has 1 aliphatic carbocycles. The molecule has 0 unspecified atom stereocenters. The Labute approximate surface area is 146 Å². The van der Waals surface area contributed by atoms with E-state index in [1.807, 2.05) is 36.1 Å². The first-order chi connectivity index (χ1) is 12.2. The molecule has 25 heavy (non-hydrogen) atoms. The molecule has 0 bridgehead atoms. The number of hydrogen-bond acceptors (Lipinski definition) is 5. The van der Waals surface area contributed by atoms with Gasteiger partial charge in [-0.2, -0.15) is 0 Å². The van der Waals surface area contributed by atoms with E-state index in [9.17, 15) is 4.79 Å². The molecule has 2 aromatic rings. The van der Waals surface area contributed by atoms with Crippen LogP contribution in [0.2, 0.25) is 0 Å². The Bertz CT molecular complexity index is 730. The zero-order valence-electron chi connectivity index (χ0n) is 14.3. The van der Waals surface area contributed by atoms with Crippen molar-refractivity contribution < 1.29 is 18.7 Å². The van der Waals surface area contributed by atoms with E-state index in [4.69, 9.17) is 13.9 Å². The quantitative estimate of drug-likeness (QED) is 0.854. The van der Waals surface area contributed by atoms with Crippen molar-refractivity contribution in [3.05, 3.63) is 53.7 Å². The van der Waals surface area contributed by atoms with Crippen LogP contribution in [0.3, 0.4) is 0 Å². The summed E-state index contributed by atoms with van der Waals surface area (Å²) < 4.78 is 17.4. The highest BCUT2D eigenvalue weighted by Gasteiger charge is 2.45. The number of carbonyl (C=O) groups is 1. The van der Waals surface area contributed by atoms with Crippen LogP contribution in [-0.4, -0.2) is 47.2 Å². The summed E-state index contributed by atoms with van der Waals surface area (Å²) >= 11 is 0. The molecule has 3 atom stereocenters. The maximum absolute atomic E-state index is 12.8. The molecular weight excluding hydrogens is 320 g/mol. The van der Waals surface area contributed by atoms with Gasteiger partial charge in [0, 0.05) is 18.3 Å². The van der Waals surface area contributed by atoms with Gasteiger partial charge in [-0.25, -0.2) is 0 Å². The number of aromatic nitrogens is 1. The zero-order valence-corrected chi connectivity index (χ0v) is 14.3. The minimum absolute atomic E-state index is 0.0136. The number of nitrogens with zero attached hydrogens (tertiary/aromatic N) is 2. The molecule has 0 spiro atoms. The van der Waals surface area contributed by atoms with E-state index in [0.29, 0.717) is 25.5 Å². The Balaban J connectivity index is 1.43. The average Bonchev–Trinajstić information content (AvgIpc) is 3.26. The molecule has 2 fully saturated rings. The first-order valence-corrected chi connectivity index (χ1v) is 8.72. The number of ether oxygens (including phenoxy) is 2. The molecule has 2 aliphatic rings. The second-order valence-electron chi connectivity index (χ2n) is 6.58. The van der Waals surface area contributed by atoms with E-state index in [1.54, 1.807) is 12.5 Å². The number of amides is 1. The van der Waals surface area contributed by atoms with E-state index >= 15 is 0 Å². The van der Waals surface area contributed by atoms with Crippen molar-refractivity contribution in [1.29, 1.82) is 0 Å². The monoisotopic (exact) mass is 342 g/mol. The minimum Gasteiger partial charge on any atom is -0.459 e. The van der Waals surface area contributed by atoms with Gasteiger partial charge in [-0.3, -0.25) is 9.78 Å². The van der Waals surface area contributed by atoms with Crippen molar-refractivity contribution in [3.8, 4) is 0 Å². The number of furan rings is 1. The fraction of sp³-hybridized carbons (Fsp3) is 0.474. The molecule has 1 aliphatic heterocycles. The van der Waals surface area contributed by atoms with Gasteiger partial charge >= 0.3 is 0 Å². The molecule has 6 nitrogen and oxygen atoms in total. The van der Waals surface area contributed by atoms with Crippen LogP contribution >= 0.6 is 0 Å². The first-order valence-electron chi connectivity index (χ1n) is 8.72. The molecule has 132 valence electrons. The van der Waals surface area contributed by atoms with Crippen LogP contribution in [-0.2, 0) is 16.1 Å². The molecule has 6 heteroatoms. The third kappa shape index (κ3) is 3.19. The van der Waals surface area contributed by atoms with Crippen LogP contribution in [0.25, 0.3) is 0 Å². The summed E-state index contributed by atoms with van der Waals surface area (Å²) in [7, 11) is 0. The molecule has 1 saturated heterocycles. The Kier molecular flexibility index (Phi) is 4.55. The molecule has 2 aromatic heterocycles. The highest BCUT2D eigenvalue weighted by molar-refractivity contribution is 5.93. The first kappa shape index (κ1) is 16.3. The second kappa shape index (κ2) is 6.98. The fourth-order valence-electron chi connectivity index (χ4n) is 3.74. The van der Waals surface area contributed by atoms with Gasteiger partial charge in [-0.15, -0.1) is 0 Å². The summed E-state index contributed by atoms with van der Waals surface area (Å²) in [5.74, 6) is 0.379.